The number of carbonyl (C=O) groups excluding carboxylic acids is 1. The van der Waals surface area contributed by atoms with Gasteiger partial charge in [-0.25, -0.2) is 19.9 Å². The predicted molar refractivity (Wildman–Crippen MR) is 144 cm³/mol. The standard InChI is InChI=1S/C28H31N5O3S/c1-16-11-18(6-5-17(16)7-8-21(34)22-13-29-27(37-22)28(2,3)4)24-20-12-23(32-25(20)31-15-30-24)33-10-9-19(14-33)26(35)36/h5-6,11,13,15,19H,7-10,12,14H2,1-4H3,(H,35,36). The Morgan fingerprint density at radius 1 is 1.19 bits per heavy atom. The first-order valence-electron chi connectivity index (χ1n) is 12.6. The van der Waals surface area contributed by atoms with Gasteiger partial charge in [-0.1, -0.05) is 32.9 Å². The number of fused-ring (bicyclic) bond motifs is 1. The Morgan fingerprint density at radius 2 is 2.00 bits per heavy atom. The van der Waals surface area contributed by atoms with E-state index in [1.807, 2.05) is 6.07 Å². The van der Waals surface area contributed by atoms with Crippen molar-refractivity contribution in [3.8, 4) is 11.3 Å². The molecule has 1 atom stereocenters. The van der Waals surface area contributed by atoms with Crippen molar-refractivity contribution in [3.63, 3.8) is 0 Å². The zero-order valence-electron chi connectivity index (χ0n) is 21.6. The molecule has 0 spiro atoms. The number of benzene rings is 1. The van der Waals surface area contributed by atoms with Crippen molar-refractivity contribution >= 4 is 34.7 Å². The number of carboxylic acid groups (broad SMARTS) is 1. The van der Waals surface area contributed by atoms with E-state index in [1.54, 1.807) is 6.20 Å². The largest absolute Gasteiger partial charge is 0.481 e. The molecule has 0 saturated carbocycles. The molecule has 0 bridgehead atoms. The Morgan fingerprint density at radius 3 is 2.68 bits per heavy atom. The second kappa shape index (κ2) is 9.78. The van der Waals surface area contributed by atoms with Crippen molar-refractivity contribution in [2.45, 2.75) is 58.8 Å². The summed E-state index contributed by atoms with van der Waals surface area (Å²) in [5.74, 6) is 0.547. The first-order valence-corrected chi connectivity index (χ1v) is 13.4. The second-order valence-corrected chi connectivity index (χ2v) is 11.9. The average Bonchev–Trinajstić information content (AvgIpc) is 3.61. The van der Waals surface area contributed by atoms with Gasteiger partial charge in [0.15, 0.2) is 11.6 Å². The maximum absolute atomic E-state index is 12.8. The molecule has 0 aliphatic carbocycles. The van der Waals surface area contributed by atoms with Crippen molar-refractivity contribution in [2.24, 2.45) is 10.9 Å². The molecule has 1 aromatic carbocycles. The molecule has 5 rings (SSSR count). The van der Waals surface area contributed by atoms with Crippen molar-refractivity contribution in [1.29, 1.82) is 0 Å². The van der Waals surface area contributed by atoms with Crippen molar-refractivity contribution in [3.05, 3.63) is 57.3 Å². The summed E-state index contributed by atoms with van der Waals surface area (Å²) in [6, 6.07) is 6.24. The van der Waals surface area contributed by atoms with E-state index >= 15 is 0 Å². The molecule has 2 aliphatic rings. The van der Waals surface area contributed by atoms with Gasteiger partial charge < -0.3 is 10.0 Å². The third kappa shape index (κ3) is 5.18. The van der Waals surface area contributed by atoms with Crippen LogP contribution in [0.4, 0.5) is 5.82 Å². The van der Waals surface area contributed by atoms with Crippen LogP contribution >= 0.6 is 11.3 Å². The summed E-state index contributed by atoms with van der Waals surface area (Å²) >= 11 is 1.49. The van der Waals surface area contributed by atoms with Crippen LogP contribution in [-0.4, -0.2) is 55.6 Å². The van der Waals surface area contributed by atoms with E-state index in [9.17, 15) is 14.7 Å². The summed E-state index contributed by atoms with van der Waals surface area (Å²) in [5, 5.41) is 10.3. The molecule has 0 amide bonds. The number of rotatable bonds is 6. The highest BCUT2D eigenvalue weighted by atomic mass is 32.1. The summed E-state index contributed by atoms with van der Waals surface area (Å²) in [6.45, 7) is 9.55. The van der Waals surface area contributed by atoms with Gasteiger partial charge in [-0.15, -0.1) is 11.3 Å². The normalized spacial score (nSPS) is 17.1. The molecule has 1 N–H and O–H groups in total. The summed E-state index contributed by atoms with van der Waals surface area (Å²) in [5.41, 5.74) is 5.00. The molecular weight excluding hydrogens is 486 g/mol. The van der Waals surface area contributed by atoms with Crippen LogP contribution in [0.2, 0.25) is 0 Å². The van der Waals surface area contributed by atoms with Crippen LogP contribution < -0.4 is 0 Å². The fourth-order valence-electron chi connectivity index (χ4n) is 4.85. The lowest BCUT2D eigenvalue weighted by atomic mass is 9.97. The highest BCUT2D eigenvalue weighted by molar-refractivity contribution is 7.13. The van der Waals surface area contributed by atoms with E-state index < -0.39 is 5.97 Å². The summed E-state index contributed by atoms with van der Waals surface area (Å²) < 4.78 is 0. The number of aliphatic carboxylic acids is 1. The Labute approximate surface area is 220 Å². The number of carbonyl (C=O) groups is 2. The molecule has 2 aliphatic heterocycles. The minimum Gasteiger partial charge on any atom is -0.481 e. The minimum atomic E-state index is -0.752. The summed E-state index contributed by atoms with van der Waals surface area (Å²) in [4.78, 5) is 45.0. The van der Waals surface area contributed by atoms with Crippen LogP contribution in [0.3, 0.4) is 0 Å². The number of likely N-dealkylation sites (tertiary alicyclic amines) is 1. The highest BCUT2D eigenvalue weighted by Gasteiger charge is 2.33. The van der Waals surface area contributed by atoms with Gasteiger partial charge in [0, 0.05) is 48.7 Å². The molecule has 192 valence electrons. The van der Waals surface area contributed by atoms with Crippen LogP contribution in [0.25, 0.3) is 11.3 Å². The van der Waals surface area contributed by atoms with E-state index in [-0.39, 0.29) is 17.1 Å². The smallest absolute Gasteiger partial charge is 0.308 e. The molecule has 2 aromatic heterocycles. The monoisotopic (exact) mass is 517 g/mol. The van der Waals surface area contributed by atoms with Gasteiger partial charge >= 0.3 is 5.97 Å². The predicted octanol–water partition coefficient (Wildman–Crippen LogP) is 5.01. The molecule has 0 radical (unpaired) electrons. The first-order chi connectivity index (χ1) is 17.6. The number of aryl methyl sites for hydroxylation is 2. The quantitative estimate of drug-likeness (QED) is 0.458. The molecule has 9 heteroatoms. The lowest BCUT2D eigenvalue weighted by molar-refractivity contribution is -0.141. The van der Waals surface area contributed by atoms with Gasteiger partial charge in [0.2, 0.25) is 0 Å². The number of ketones is 1. The summed E-state index contributed by atoms with van der Waals surface area (Å²) in [6.07, 6.45) is 5.58. The van der Waals surface area contributed by atoms with Crippen LogP contribution in [0, 0.1) is 12.8 Å². The second-order valence-electron chi connectivity index (χ2n) is 10.8. The maximum Gasteiger partial charge on any atom is 0.308 e. The summed E-state index contributed by atoms with van der Waals surface area (Å²) in [7, 11) is 0. The SMILES string of the molecule is Cc1cc(-c2ncnc3c2CC(N2CCC(C(=O)O)C2)=N3)ccc1CCC(=O)c1cnc(C(C)(C)C)s1. The molecule has 3 aromatic rings. The molecule has 1 saturated heterocycles. The Bertz CT molecular complexity index is 1410. The van der Waals surface area contributed by atoms with Crippen LogP contribution in [-0.2, 0) is 23.1 Å². The number of Topliss-reactive ketones (excluding diaryl/α,β-unsaturated/α-hetero) is 1. The topological polar surface area (TPSA) is 109 Å². The van der Waals surface area contributed by atoms with Gasteiger partial charge in [0.05, 0.1) is 21.5 Å². The van der Waals surface area contributed by atoms with E-state index in [2.05, 4.69) is 59.7 Å². The number of aliphatic imine (C=N–C) groups is 1. The highest BCUT2D eigenvalue weighted by Crippen LogP contribution is 2.35. The van der Waals surface area contributed by atoms with E-state index in [0.29, 0.717) is 44.6 Å². The van der Waals surface area contributed by atoms with Gasteiger partial charge in [0.25, 0.3) is 0 Å². The first kappa shape index (κ1) is 25.2. The molecule has 4 heterocycles. The third-order valence-corrected chi connectivity index (χ3v) is 8.52. The van der Waals surface area contributed by atoms with Gasteiger partial charge in [0.1, 0.15) is 12.2 Å². The number of aromatic nitrogens is 3. The zero-order chi connectivity index (χ0) is 26.3. The van der Waals surface area contributed by atoms with Crippen molar-refractivity contribution < 1.29 is 14.7 Å². The number of hydrogen-bond donors (Lipinski definition) is 1. The molecular formula is C28H31N5O3S. The molecule has 1 unspecified atom stereocenters. The van der Waals surface area contributed by atoms with E-state index in [4.69, 9.17) is 4.99 Å². The van der Waals surface area contributed by atoms with Crippen molar-refractivity contribution in [1.82, 2.24) is 19.9 Å². The molecule has 37 heavy (non-hydrogen) atoms. The fraction of sp³-hybridized carbons (Fsp3) is 0.429. The Kier molecular flexibility index (Phi) is 6.66. The van der Waals surface area contributed by atoms with E-state index in [1.165, 1.54) is 17.7 Å². The van der Waals surface area contributed by atoms with Gasteiger partial charge in [-0.2, -0.15) is 0 Å². The Hall–Kier alpha value is -3.46. The third-order valence-electron chi connectivity index (χ3n) is 7.05. The lowest BCUT2D eigenvalue weighted by Crippen LogP contribution is -2.30. The molecule has 8 nitrogen and oxygen atoms in total. The number of hydrogen-bond acceptors (Lipinski definition) is 8. The van der Waals surface area contributed by atoms with Crippen LogP contribution in [0.15, 0.2) is 35.7 Å². The number of nitrogens with zero attached hydrogens (tertiary/aromatic N) is 5. The van der Waals surface area contributed by atoms with E-state index in [0.717, 1.165) is 43.7 Å². The number of carboxylic acids is 1. The minimum absolute atomic E-state index is 0.0576. The van der Waals surface area contributed by atoms with Gasteiger partial charge in [-0.05, 0) is 37.0 Å². The van der Waals surface area contributed by atoms with Gasteiger partial charge in [-0.3, -0.25) is 9.59 Å². The number of thiazole rings is 1. The number of amidine groups is 1. The Balaban J connectivity index is 1.27. The fourth-order valence-corrected chi connectivity index (χ4v) is 5.80. The van der Waals surface area contributed by atoms with Crippen molar-refractivity contribution in [2.75, 3.05) is 13.1 Å². The maximum atomic E-state index is 12.8. The average molecular weight is 518 g/mol. The van der Waals surface area contributed by atoms with Crippen LogP contribution in [0.1, 0.15) is 65.0 Å². The molecule has 1 fully saturated rings. The van der Waals surface area contributed by atoms with Crippen LogP contribution in [0.5, 0.6) is 0 Å². The zero-order valence-corrected chi connectivity index (χ0v) is 22.4. The lowest BCUT2D eigenvalue weighted by Gasteiger charge is -2.17.